The molecule has 0 aromatic heterocycles. The highest BCUT2D eigenvalue weighted by atomic mass is 32.2. The molecular weight excluding hydrogens is 128 g/mol. The van der Waals surface area contributed by atoms with Gasteiger partial charge in [-0.25, -0.2) is 0 Å². The third-order valence-corrected chi connectivity index (χ3v) is 1.75. The Labute approximate surface area is 62.0 Å². The fourth-order valence-electron chi connectivity index (χ4n) is 0.577. The van der Waals surface area contributed by atoms with E-state index in [0.29, 0.717) is 5.25 Å². The van der Waals surface area contributed by atoms with Crippen LogP contribution in [-0.4, -0.2) is 5.25 Å². The molecular formula is C8H14S. The molecule has 0 bridgehead atoms. The molecule has 9 heavy (non-hydrogen) atoms. The zero-order valence-corrected chi connectivity index (χ0v) is 7.16. The summed E-state index contributed by atoms with van der Waals surface area (Å²) in [7, 11) is 0. The smallest absolute Gasteiger partial charge is 0.00344 e. The van der Waals surface area contributed by atoms with Crippen molar-refractivity contribution in [1.82, 2.24) is 0 Å². The van der Waals surface area contributed by atoms with Crippen LogP contribution in [0.25, 0.3) is 0 Å². The van der Waals surface area contributed by atoms with Gasteiger partial charge in [0.25, 0.3) is 0 Å². The maximum atomic E-state index is 3.62. The summed E-state index contributed by atoms with van der Waals surface area (Å²) >= 11 is 1.87. The van der Waals surface area contributed by atoms with Crippen molar-refractivity contribution in [1.29, 1.82) is 0 Å². The topological polar surface area (TPSA) is 0 Å². The molecule has 0 saturated carbocycles. The Morgan fingerprint density at radius 2 is 2.11 bits per heavy atom. The van der Waals surface area contributed by atoms with Crippen molar-refractivity contribution in [3.8, 4) is 0 Å². The molecule has 0 aliphatic heterocycles. The largest absolute Gasteiger partial charge is 0.128 e. The van der Waals surface area contributed by atoms with Gasteiger partial charge in [0.15, 0.2) is 0 Å². The molecule has 0 heterocycles. The van der Waals surface area contributed by atoms with Gasteiger partial charge in [-0.3, -0.25) is 0 Å². The van der Waals surface area contributed by atoms with E-state index in [0.717, 1.165) is 0 Å². The SMILES string of the molecule is C=C/C=C(\C)SC(C)C. The van der Waals surface area contributed by atoms with E-state index in [1.54, 1.807) is 0 Å². The number of rotatable bonds is 3. The predicted octanol–water partition coefficient (Wildman–Crippen LogP) is 3.22. The van der Waals surface area contributed by atoms with Gasteiger partial charge in [-0.2, -0.15) is 0 Å². The van der Waals surface area contributed by atoms with Gasteiger partial charge >= 0.3 is 0 Å². The highest BCUT2D eigenvalue weighted by molar-refractivity contribution is 8.03. The summed E-state index contributed by atoms with van der Waals surface area (Å²) in [5.74, 6) is 0. The maximum absolute atomic E-state index is 3.62. The molecule has 52 valence electrons. The van der Waals surface area contributed by atoms with Crippen molar-refractivity contribution in [3.63, 3.8) is 0 Å². The van der Waals surface area contributed by atoms with Gasteiger partial charge in [-0.1, -0.05) is 32.6 Å². The fraction of sp³-hybridized carbons (Fsp3) is 0.500. The molecule has 0 aliphatic carbocycles. The molecule has 0 unspecified atom stereocenters. The lowest BCUT2D eigenvalue weighted by atomic mass is 10.5. The Balaban J connectivity index is 3.61. The molecule has 0 spiro atoms. The van der Waals surface area contributed by atoms with Crippen LogP contribution in [0.2, 0.25) is 0 Å². The second-order valence-corrected chi connectivity index (χ2v) is 4.00. The van der Waals surface area contributed by atoms with E-state index in [9.17, 15) is 0 Å². The summed E-state index contributed by atoms with van der Waals surface area (Å²) < 4.78 is 0. The van der Waals surface area contributed by atoms with Crippen LogP contribution in [-0.2, 0) is 0 Å². The summed E-state index contributed by atoms with van der Waals surface area (Å²) in [5, 5.41) is 0.682. The first-order valence-corrected chi connectivity index (χ1v) is 4.00. The first-order chi connectivity index (χ1) is 4.16. The van der Waals surface area contributed by atoms with Crippen molar-refractivity contribution < 1.29 is 0 Å². The Morgan fingerprint density at radius 3 is 2.44 bits per heavy atom. The van der Waals surface area contributed by atoms with Crippen molar-refractivity contribution in [2.24, 2.45) is 0 Å². The molecule has 0 aromatic carbocycles. The lowest BCUT2D eigenvalue weighted by Gasteiger charge is -2.01. The molecule has 0 aliphatic rings. The monoisotopic (exact) mass is 142 g/mol. The average molecular weight is 142 g/mol. The molecule has 0 saturated heterocycles. The van der Waals surface area contributed by atoms with Crippen LogP contribution in [0.3, 0.4) is 0 Å². The van der Waals surface area contributed by atoms with Gasteiger partial charge < -0.3 is 0 Å². The van der Waals surface area contributed by atoms with Gasteiger partial charge in [0, 0.05) is 5.25 Å². The van der Waals surface area contributed by atoms with E-state index in [1.165, 1.54) is 4.91 Å². The molecule has 0 amide bonds. The van der Waals surface area contributed by atoms with E-state index in [2.05, 4.69) is 27.4 Å². The minimum absolute atomic E-state index is 0.682. The van der Waals surface area contributed by atoms with Gasteiger partial charge in [-0.15, -0.1) is 11.8 Å². The van der Waals surface area contributed by atoms with Crippen molar-refractivity contribution in [2.45, 2.75) is 26.0 Å². The van der Waals surface area contributed by atoms with Crippen molar-refractivity contribution in [2.75, 3.05) is 0 Å². The average Bonchev–Trinajstić information content (AvgIpc) is 1.63. The maximum Gasteiger partial charge on any atom is 0.00344 e. The van der Waals surface area contributed by atoms with Crippen LogP contribution in [0.5, 0.6) is 0 Å². The van der Waals surface area contributed by atoms with E-state index < -0.39 is 0 Å². The number of allylic oxidation sites excluding steroid dienone is 3. The highest BCUT2D eigenvalue weighted by Crippen LogP contribution is 2.19. The third kappa shape index (κ3) is 5.71. The summed E-state index contributed by atoms with van der Waals surface area (Å²) in [6.45, 7) is 10.1. The predicted molar refractivity (Wildman–Crippen MR) is 46.7 cm³/mol. The summed E-state index contributed by atoms with van der Waals surface area (Å²) in [6.07, 6.45) is 3.86. The van der Waals surface area contributed by atoms with Crippen LogP contribution >= 0.6 is 11.8 Å². The first kappa shape index (κ1) is 8.83. The molecule has 0 nitrogen and oxygen atoms in total. The third-order valence-electron chi connectivity index (χ3n) is 0.774. The molecule has 0 radical (unpaired) electrons. The zero-order valence-electron chi connectivity index (χ0n) is 6.35. The van der Waals surface area contributed by atoms with Crippen LogP contribution in [0.15, 0.2) is 23.6 Å². The Hall–Kier alpha value is -0.170. The number of hydrogen-bond acceptors (Lipinski definition) is 1. The normalized spacial score (nSPS) is 12.2. The summed E-state index contributed by atoms with van der Waals surface area (Å²) in [6, 6.07) is 0. The lowest BCUT2D eigenvalue weighted by molar-refractivity contribution is 1.12. The van der Waals surface area contributed by atoms with E-state index in [-0.39, 0.29) is 0 Å². The second kappa shape index (κ2) is 4.68. The standard InChI is InChI=1S/C8H14S/c1-5-6-8(4)9-7(2)3/h5-7H,1H2,2-4H3/b8-6+. The summed E-state index contributed by atoms with van der Waals surface area (Å²) in [4.78, 5) is 1.33. The molecule has 0 fully saturated rings. The summed E-state index contributed by atoms with van der Waals surface area (Å²) in [5.41, 5.74) is 0. The van der Waals surface area contributed by atoms with E-state index in [1.807, 2.05) is 23.9 Å². The molecule has 0 aromatic rings. The lowest BCUT2D eigenvalue weighted by Crippen LogP contribution is -1.84. The van der Waals surface area contributed by atoms with Crippen LogP contribution in [0.4, 0.5) is 0 Å². The first-order valence-electron chi connectivity index (χ1n) is 3.12. The number of thioether (sulfide) groups is 1. The fourth-order valence-corrected chi connectivity index (χ4v) is 1.50. The zero-order chi connectivity index (χ0) is 7.28. The van der Waals surface area contributed by atoms with Crippen LogP contribution < -0.4 is 0 Å². The second-order valence-electron chi connectivity index (χ2n) is 2.18. The van der Waals surface area contributed by atoms with Gasteiger partial charge in [-0.05, 0) is 11.8 Å². The number of hydrogen-bond donors (Lipinski definition) is 0. The molecule has 1 heteroatoms. The van der Waals surface area contributed by atoms with Gasteiger partial charge in [0.1, 0.15) is 0 Å². The highest BCUT2D eigenvalue weighted by Gasteiger charge is 1.92. The Morgan fingerprint density at radius 1 is 1.56 bits per heavy atom. The van der Waals surface area contributed by atoms with Crippen molar-refractivity contribution in [3.05, 3.63) is 23.6 Å². The Kier molecular flexibility index (Phi) is 4.60. The molecule has 0 rings (SSSR count). The quantitative estimate of drug-likeness (QED) is 0.545. The van der Waals surface area contributed by atoms with Crippen LogP contribution in [0, 0.1) is 0 Å². The van der Waals surface area contributed by atoms with E-state index >= 15 is 0 Å². The Bertz CT molecular complexity index is 112. The minimum Gasteiger partial charge on any atom is -0.128 e. The van der Waals surface area contributed by atoms with Gasteiger partial charge in [0.05, 0.1) is 0 Å². The minimum atomic E-state index is 0.682. The molecule has 0 N–H and O–H groups in total. The van der Waals surface area contributed by atoms with Crippen molar-refractivity contribution >= 4 is 11.8 Å². The molecule has 0 atom stereocenters. The van der Waals surface area contributed by atoms with Crippen LogP contribution in [0.1, 0.15) is 20.8 Å². The van der Waals surface area contributed by atoms with E-state index in [4.69, 9.17) is 0 Å². The van der Waals surface area contributed by atoms with Gasteiger partial charge in [0.2, 0.25) is 0 Å².